The summed E-state index contributed by atoms with van der Waals surface area (Å²) >= 11 is 0. The second-order valence-corrected chi connectivity index (χ2v) is 5.50. The predicted octanol–water partition coefficient (Wildman–Crippen LogP) is 1.78. The summed E-state index contributed by atoms with van der Waals surface area (Å²) in [6.07, 6.45) is 3.51. The number of rotatable bonds is 6. The van der Waals surface area contributed by atoms with Gasteiger partial charge in [0.05, 0.1) is 10.6 Å². The van der Waals surface area contributed by atoms with Crippen molar-refractivity contribution >= 4 is 17.1 Å². The fraction of sp³-hybridized carbons (Fsp3) is 0.538. The van der Waals surface area contributed by atoms with Crippen molar-refractivity contribution < 1.29 is 4.92 Å². The fourth-order valence-electron chi connectivity index (χ4n) is 2.54. The predicted molar refractivity (Wildman–Crippen MR) is 79.7 cm³/mol. The first-order chi connectivity index (χ1) is 9.47. The molecular weight excluding hydrogens is 258 g/mol. The van der Waals surface area contributed by atoms with Crippen LogP contribution in [0.25, 0.3) is 0 Å². The third kappa shape index (κ3) is 2.83. The van der Waals surface area contributed by atoms with E-state index in [9.17, 15) is 10.1 Å². The van der Waals surface area contributed by atoms with E-state index < -0.39 is 4.92 Å². The van der Waals surface area contributed by atoms with Crippen LogP contribution in [0.15, 0.2) is 18.2 Å². The Labute approximate surface area is 118 Å². The molecule has 1 aromatic carbocycles. The van der Waals surface area contributed by atoms with E-state index in [-0.39, 0.29) is 11.2 Å². The van der Waals surface area contributed by atoms with Crippen LogP contribution in [0.4, 0.5) is 17.1 Å². The number of hydrogen-bond donors (Lipinski definition) is 3. The van der Waals surface area contributed by atoms with E-state index in [1.54, 1.807) is 6.07 Å². The highest BCUT2D eigenvalue weighted by molar-refractivity contribution is 5.63. The van der Waals surface area contributed by atoms with Crippen molar-refractivity contribution in [1.29, 1.82) is 0 Å². The summed E-state index contributed by atoms with van der Waals surface area (Å²) in [4.78, 5) is 12.7. The molecule has 0 heterocycles. The second-order valence-electron chi connectivity index (χ2n) is 5.50. The first-order valence-corrected chi connectivity index (χ1v) is 6.64. The Balaban J connectivity index is 2.12. The molecule has 20 heavy (non-hydrogen) atoms. The molecule has 0 saturated heterocycles. The molecule has 1 aliphatic rings. The van der Waals surface area contributed by atoms with Crippen LogP contribution in [0.3, 0.4) is 0 Å². The summed E-state index contributed by atoms with van der Waals surface area (Å²) in [7, 11) is 4.14. The van der Waals surface area contributed by atoms with Crippen LogP contribution >= 0.6 is 0 Å². The Morgan fingerprint density at radius 2 is 2.00 bits per heavy atom. The van der Waals surface area contributed by atoms with Gasteiger partial charge in [0.25, 0.3) is 5.69 Å². The monoisotopic (exact) mass is 279 g/mol. The molecule has 0 aliphatic heterocycles. The van der Waals surface area contributed by atoms with Gasteiger partial charge >= 0.3 is 0 Å². The van der Waals surface area contributed by atoms with Crippen molar-refractivity contribution in [2.45, 2.75) is 24.8 Å². The van der Waals surface area contributed by atoms with Crippen LogP contribution in [0.1, 0.15) is 19.3 Å². The van der Waals surface area contributed by atoms with Crippen molar-refractivity contribution in [1.82, 2.24) is 4.90 Å². The van der Waals surface area contributed by atoms with Gasteiger partial charge in [0, 0.05) is 29.9 Å². The van der Waals surface area contributed by atoms with Crippen LogP contribution in [0, 0.1) is 10.1 Å². The molecule has 0 aromatic heterocycles. The molecular formula is C13H21N5O2. The van der Waals surface area contributed by atoms with E-state index in [1.807, 2.05) is 0 Å². The van der Waals surface area contributed by atoms with E-state index in [2.05, 4.69) is 29.7 Å². The molecule has 1 saturated carbocycles. The summed E-state index contributed by atoms with van der Waals surface area (Å²) in [5, 5.41) is 14.2. The minimum Gasteiger partial charge on any atom is -0.383 e. The Morgan fingerprint density at radius 1 is 1.35 bits per heavy atom. The zero-order valence-corrected chi connectivity index (χ0v) is 11.8. The number of benzene rings is 1. The second kappa shape index (κ2) is 5.64. The summed E-state index contributed by atoms with van der Waals surface area (Å²) in [5.41, 5.74) is 3.86. The van der Waals surface area contributed by atoms with Gasteiger partial charge in [-0.25, -0.2) is 0 Å². The van der Waals surface area contributed by atoms with E-state index in [4.69, 9.17) is 5.84 Å². The van der Waals surface area contributed by atoms with E-state index >= 15 is 0 Å². The molecule has 1 fully saturated rings. The maximum atomic E-state index is 10.9. The number of likely N-dealkylation sites (N-methyl/N-ethyl adjacent to an activating group) is 1. The fourth-order valence-corrected chi connectivity index (χ4v) is 2.54. The third-order valence-corrected chi connectivity index (χ3v) is 4.15. The molecule has 2 rings (SSSR count). The number of hydrogen-bond acceptors (Lipinski definition) is 6. The minimum absolute atomic E-state index is 0.0236. The zero-order chi connectivity index (χ0) is 14.8. The number of nitrogens with one attached hydrogen (secondary N) is 2. The number of nitrogen functional groups attached to an aromatic ring is 1. The lowest BCUT2D eigenvalue weighted by Gasteiger charge is -2.47. The molecule has 0 bridgehead atoms. The topological polar surface area (TPSA) is 96.5 Å². The quantitative estimate of drug-likeness (QED) is 0.417. The largest absolute Gasteiger partial charge is 0.383 e. The van der Waals surface area contributed by atoms with Gasteiger partial charge in [0.1, 0.15) is 0 Å². The van der Waals surface area contributed by atoms with E-state index in [1.165, 1.54) is 18.6 Å². The van der Waals surface area contributed by atoms with Crippen LogP contribution in [0.2, 0.25) is 0 Å². The molecule has 4 N–H and O–H groups in total. The van der Waals surface area contributed by atoms with Gasteiger partial charge in [0.15, 0.2) is 0 Å². The average Bonchev–Trinajstić information content (AvgIpc) is 2.36. The van der Waals surface area contributed by atoms with Crippen molar-refractivity contribution in [3.05, 3.63) is 28.3 Å². The number of anilines is 2. The normalized spacial score (nSPS) is 16.6. The lowest BCUT2D eigenvalue weighted by Crippen LogP contribution is -2.54. The Hall–Kier alpha value is -1.86. The highest BCUT2D eigenvalue weighted by atomic mass is 16.6. The molecule has 0 atom stereocenters. The van der Waals surface area contributed by atoms with Crippen molar-refractivity contribution in [3.63, 3.8) is 0 Å². The number of nitro benzene ring substituents is 1. The number of hydrazine groups is 1. The van der Waals surface area contributed by atoms with Crippen molar-refractivity contribution in [2.75, 3.05) is 31.4 Å². The standard InChI is InChI=1S/C13H21N5O2/c1-17(2)13(4-3-5-13)9-15-10-6-11(16-14)8-12(7-10)18(19)20/h6-8,15-16H,3-5,9,14H2,1-2H3. The van der Waals surface area contributed by atoms with E-state index in [0.717, 1.165) is 19.4 Å². The van der Waals surface area contributed by atoms with Crippen LogP contribution in [-0.2, 0) is 0 Å². The summed E-state index contributed by atoms with van der Waals surface area (Å²) in [5.74, 6) is 5.35. The molecule has 110 valence electrons. The lowest BCUT2D eigenvalue weighted by atomic mass is 9.75. The summed E-state index contributed by atoms with van der Waals surface area (Å²) in [6.45, 7) is 0.769. The Bertz CT molecular complexity index is 500. The molecule has 0 amide bonds. The number of nitrogens with two attached hydrogens (primary N) is 1. The third-order valence-electron chi connectivity index (χ3n) is 4.15. The first kappa shape index (κ1) is 14.5. The Morgan fingerprint density at radius 3 is 2.45 bits per heavy atom. The van der Waals surface area contributed by atoms with Gasteiger partial charge in [-0.05, 0) is 39.4 Å². The van der Waals surface area contributed by atoms with Gasteiger partial charge in [-0.2, -0.15) is 0 Å². The zero-order valence-electron chi connectivity index (χ0n) is 11.8. The number of non-ortho nitro benzene ring substituents is 1. The van der Waals surface area contributed by atoms with Gasteiger partial charge in [-0.3, -0.25) is 16.0 Å². The Kier molecular flexibility index (Phi) is 4.10. The average molecular weight is 279 g/mol. The minimum atomic E-state index is -0.420. The molecule has 0 radical (unpaired) electrons. The van der Waals surface area contributed by atoms with Crippen molar-refractivity contribution in [3.8, 4) is 0 Å². The maximum Gasteiger partial charge on any atom is 0.273 e. The van der Waals surface area contributed by atoms with Gasteiger partial charge in [-0.15, -0.1) is 0 Å². The van der Waals surface area contributed by atoms with Gasteiger partial charge < -0.3 is 15.6 Å². The van der Waals surface area contributed by atoms with Crippen molar-refractivity contribution in [2.24, 2.45) is 5.84 Å². The highest BCUT2D eigenvalue weighted by Gasteiger charge is 2.38. The molecule has 0 spiro atoms. The van der Waals surface area contributed by atoms with Gasteiger partial charge in [0.2, 0.25) is 0 Å². The highest BCUT2D eigenvalue weighted by Crippen LogP contribution is 2.36. The lowest BCUT2D eigenvalue weighted by molar-refractivity contribution is -0.384. The van der Waals surface area contributed by atoms with E-state index in [0.29, 0.717) is 11.4 Å². The van der Waals surface area contributed by atoms with Crippen LogP contribution in [0.5, 0.6) is 0 Å². The SMILES string of the molecule is CN(C)C1(CNc2cc(NN)cc([N+](=O)[O-])c2)CCC1. The smallest absolute Gasteiger partial charge is 0.273 e. The maximum absolute atomic E-state index is 10.9. The first-order valence-electron chi connectivity index (χ1n) is 6.64. The molecule has 7 heteroatoms. The molecule has 0 unspecified atom stereocenters. The van der Waals surface area contributed by atoms with Crippen LogP contribution in [-0.4, -0.2) is 36.0 Å². The molecule has 1 aliphatic carbocycles. The molecule has 1 aromatic rings. The molecule has 7 nitrogen and oxygen atoms in total. The summed E-state index contributed by atoms with van der Waals surface area (Å²) < 4.78 is 0. The number of nitro groups is 1. The summed E-state index contributed by atoms with van der Waals surface area (Å²) in [6, 6.07) is 4.72. The van der Waals surface area contributed by atoms with Gasteiger partial charge in [-0.1, -0.05) is 0 Å². The number of nitrogens with zero attached hydrogens (tertiary/aromatic N) is 2. The van der Waals surface area contributed by atoms with Crippen LogP contribution < -0.4 is 16.6 Å².